The Bertz CT molecular complexity index is 1460. The molecule has 3 aromatic carbocycles. The van der Waals surface area contributed by atoms with E-state index in [2.05, 4.69) is 13.0 Å². The normalized spacial score (nSPS) is 14.1. The van der Waals surface area contributed by atoms with Crippen molar-refractivity contribution in [3.63, 3.8) is 0 Å². The maximum absolute atomic E-state index is 12.6. The van der Waals surface area contributed by atoms with Gasteiger partial charge in [-0.3, -0.25) is 10.1 Å². The molecule has 0 aliphatic carbocycles. The molecule has 0 aromatic heterocycles. The number of nitro benzene ring substituents is 1. The Morgan fingerprint density at radius 2 is 1.97 bits per heavy atom. The summed E-state index contributed by atoms with van der Waals surface area (Å²) in [5, 5.41) is 20.9. The molecule has 1 aliphatic heterocycles. The first-order chi connectivity index (χ1) is 18.4. The van der Waals surface area contributed by atoms with Crippen molar-refractivity contribution >= 4 is 11.7 Å². The van der Waals surface area contributed by atoms with E-state index in [1.807, 2.05) is 6.07 Å². The zero-order chi connectivity index (χ0) is 27.2. The van der Waals surface area contributed by atoms with Crippen LogP contribution in [0.25, 0.3) is 0 Å². The number of esters is 1. The Hall–Kier alpha value is -5.04. The number of unbranched alkanes of at least 4 members (excludes halogenated alkanes) is 1. The van der Waals surface area contributed by atoms with Gasteiger partial charge < -0.3 is 24.7 Å². The zero-order valence-electron chi connectivity index (χ0n) is 20.8. The summed E-state index contributed by atoms with van der Waals surface area (Å²) >= 11 is 0. The van der Waals surface area contributed by atoms with Gasteiger partial charge in [-0.2, -0.15) is 5.26 Å². The van der Waals surface area contributed by atoms with Crippen molar-refractivity contribution in [1.29, 1.82) is 5.26 Å². The molecule has 3 aromatic rings. The van der Waals surface area contributed by atoms with E-state index in [0.717, 1.165) is 24.5 Å². The van der Waals surface area contributed by atoms with E-state index in [1.54, 1.807) is 31.4 Å². The Morgan fingerprint density at radius 3 is 2.68 bits per heavy atom. The van der Waals surface area contributed by atoms with E-state index < -0.39 is 16.8 Å². The van der Waals surface area contributed by atoms with Gasteiger partial charge >= 0.3 is 5.97 Å². The van der Waals surface area contributed by atoms with E-state index in [0.29, 0.717) is 29.4 Å². The number of nitro groups is 1. The summed E-state index contributed by atoms with van der Waals surface area (Å²) in [5.41, 5.74) is 7.49. The Kier molecular flexibility index (Phi) is 7.77. The summed E-state index contributed by atoms with van der Waals surface area (Å²) < 4.78 is 22.5. The molecule has 0 fully saturated rings. The number of hydrogen-bond acceptors (Lipinski definition) is 9. The number of ether oxygens (including phenoxy) is 4. The first-order valence-electron chi connectivity index (χ1n) is 11.8. The van der Waals surface area contributed by atoms with Gasteiger partial charge in [0.2, 0.25) is 5.88 Å². The van der Waals surface area contributed by atoms with E-state index >= 15 is 0 Å². The fraction of sp³-hybridized carbons (Fsp3) is 0.214. The second-order valence-corrected chi connectivity index (χ2v) is 8.43. The summed E-state index contributed by atoms with van der Waals surface area (Å²) in [6.45, 7) is 2.63. The van der Waals surface area contributed by atoms with Gasteiger partial charge in [0.05, 0.1) is 30.1 Å². The molecule has 194 valence electrons. The van der Waals surface area contributed by atoms with Crippen molar-refractivity contribution in [1.82, 2.24) is 0 Å². The number of non-ortho nitro benzene ring substituents is 1. The van der Waals surface area contributed by atoms with Crippen LogP contribution >= 0.6 is 0 Å². The van der Waals surface area contributed by atoms with Crippen LogP contribution in [-0.2, 0) is 0 Å². The second-order valence-electron chi connectivity index (χ2n) is 8.43. The average molecular weight is 516 g/mol. The van der Waals surface area contributed by atoms with Gasteiger partial charge in [0.1, 0.15) is 23.1 Å². The SMILES string of the molecule is CCCCOc1ccc(C2C(C#N)=C(N)Oc3cc(OC(=O)c4cccc([N+](=O)[O-])c4)ccc32)cc1OC. The predicted octanol–water partition coefficient (Wildman–Crippen LogP) is 5.22. The van der Waals surface area contributed by atoms with E-state index in [1.165, 1.54) is 24.3 Å². The largest absolute Gasteiger partial charge is 0.493 e. The summed E-state index contributed by atoms with van der Waals surface area (Å²) in [6, 6.07) is 17.5. The van der Waals surface area contributed by atoms with E-state index in [9.17, 15) is 20.2 Å². The number of benzene rings is 3. The third kappa shape index (κ3) is 5.37. The minimum Gasteiger partial charge on any atom is -0.493 e. The van der Waals surface area contributed by atoms with Crippen molar-refractivity contribution in [3.05, 3.63) is 98.9 Å². The molecular weight excluding hydrogens is 490 g/mol. The van der Waals surface area contributed by atoms with E-state index in [4.69, 9.17) is 24.7 Å². The molecule has 1 atom stereocenters. The van der Waals surface area contributed by atoms with Crippen LogP contribution in [0.2, 0.25) is 0 Å². The van der Waals surface area contributed by atoms with Crippen molar-refractivity contribution in [2.45, 2.75) is 25.7 Å². The molecule has 0 bridgehead atoms. The van der Waals surface area contributed by atoms with Crippen LogP contribution in [0.1, 0.15) is 47.2 Å². The van der Waals surface area contributed by atoms with Crippen LogP contribution in [0, 0.1) is 21.4 Å². The molecule has 10 nitrogen and oxygen atoms in total. The van der Waals surface area contributed by atoms with Gasteiger partial charge in [-0.25, -0.2) is 4.79 Å². The number of rotatable bonds is 9. The van der Waals surface area contributed by atoms with Crippen molar-refractivity contribution in [2.24, 2.45) is 5.73 Å². The molecule has 0 amide bonds. The number of carbonyl (C=O) groups is 1. The molecule has 1 heterocycles. The number of nitrogens with two attached hydrogens (primary N) is 1. The van der Waals surface area contributed by atoms with Gasteiger partial charge in [-0.15, -0.1) is 0 Å². The minimum absolute atomic E-state index is 0.0234. The number of fused-ring (bicyclic) bond motifs is 1. The highest BCUT2D eigenvalue weighted by Gasteiger charge is 2.32. The number of allylic oxidation sites excluding steroid dienone is 1. The molecule has 38 heavy (non-hydrogen) atoms. The van der Waals surface area contributed by atoms with Crippen LogP contribution in [0.5, 0.6) is 23.0 Å². The Balaban J connectivity index is 1.65. The summed E-state index contributed by atoms with van der Waals surface area (Å²) in [4.78, 5) is 23.0. The van der Waals surface area contributed by atoms with Gasteiger partial charge in [0.25, 0.3) is 5.69 Å². The molecule has 1 unspecified atom stereocenters. The zero-order valence-corrected chi connectivity index (χ0v) is 20.8. The molecule has 4 rings (SSSR count). The third-order valence-corrected chi connectivity index (χ3v) is 5.97. The van der Waals surface area contributed by atoms with Gasteiger partial charge in [-0.1, -0.05) is 31.5 Å². The Labute approximate surface area is 219 Å². The van der Waals surface area contributed by atoms with Gasteiger partial charge in [0.15, 0.2) is 11.5 Å². The fourth-order valence-electron chi connectivity index (χ4n) is 4.06. The molecule has 0 saturated carbocycles. The fourth-order valence-corrected chi connectivity index (χ4v) is 4.06. The molecule has 0 radical (unpaired) electrons. The smallest absolute Gasteiger partial charge is 0.343 e. The van der Waals surface area contributed by atoms with Crippen LogP contribution in [0.15, 0.2) is 72.1 Å². The van der Waals surface area contributed by atoms with Crippen molar-refractivity contribution < 1.29 is 28.7 Å². The highest BCUT2D eigenvalue weighted by molar-refractivity contribution is 5.91. The molecule has 2 N–H and O–H groups in total. The van der Waals surface area contributed by atoms with Crippen LogP contribution in [0.4, 0.5) is 5.69 Å². The lowest BCUT2D eigenvalue weighted by Crippen LogP contribution is -2.21. The highest BCUT2D eigenvalue weighted by Crippen LogP contribution is 2.45. The third-order valence-electron chi connectivity index (χ3n) is 5.97. The van der Waals surface area contributed by atoms with E-state index in [-0.39, 0.29) is 28.5 Å². The van der Waals surface area contributed by atoms with Crippen molar-refractivity contribution in [3.8, 4) is 29.1 Å². The average Bonchev–Trinajstić information content (AvgIpc) is 2.92. The maximum Gasteiger partial charge on any atom is 0.343 e. The number of carbonyl (C=O) groups excluding carboxylic acids is 1. The standard InChI is InChI=1S/C28H25N3O7/c1-3-4-12-36-23-11-8-17(14-25(23)35-2)26-21-10-9-20(15-24(21)38-27(30)22(26)16-29)37-28(32)18-6-5-7-19(13-18)31(33)34/h5-11,13-15,26H,3-4,12,30H2,1-2H3. The lowest BCUT2D eigenvalue weighted by atomic mass is 9.83. The summed E-state index contributed by atoms with van der Waals surface area (Å²) in [7, 11) is 1.54. The van der Waals surface area contributed by atoms with Crippen molar-refractivity contribution in [2.75, 3.05) is 13.7 Å². The molecule has 0 spiro atoms. The number of nitriles is 1. The number of methoxy groups -OCH3 is 1. The predicted molar refractivity (Wildman–Crippen MR) is 137 cm³/mol. The first-order valence-corrected chi connectivity index (χ1v) is 11.8. The second kappa shape index (κ2) is 11.3. The molecular formula is C28H25N3O7. The maximum atomic E-state index is 12.6. The quantitative estimate of drug-likeness (QED) is 0.133. The van der Waals surface area contributed by atoms with Gasteiger partial charge in [-0.05, 0) is 36.2 Å². The van der Waals surface area contributed by atoms with Crippen LogP contribution in [-0.4, -0.2) is 24.6 Å². The lowest BCUT2D eigenvalue weighted by Gasteiger charge is -2.27. The summed E-state index contributed by atoms with van der Waals surface area (Å²) in [5.74, 6) is 0.146. The lowest BCUT2D eigenvalue weighted by molar-refractivity contribution is -0.384. The topological polar surface area (TPSA) is 147 Å². The summed E-state index contributed by atoms with van der Waals surface area (Å²) in [6.07, 6.45) is 1.90. The number of nitrogens with zero attached hydrogens (tertiary/aromatic N) is 2. The molecule has 10 heteroatoms. The molecule has 0 saturated heterocycles. The molecule has 1 aliphatic rings. The monoisotopic (exact) mass is 515 g/mol. The number of hydrogen-bond donors (Lipinski definition) is 1. The Morgan fingerprint density at radius 1 is 1.16 bits per heavy atom. The van der Waals surface area contributed by atoms with Crippen LogP contribution < -0.4 is 24.7 Å². The minimum atomic E-state index is -0.773. The van der Waals surface area contributed by atoms with Crippen LogP contribution in [0.3, 0.4) is 0 Å². The first kappa shape index (κ1) is 26.0. The van der Waals surface area contributed by atoms with Gasteiger partial charge in [0, 0.05) is 23.8 Å². The highest BCUT2D eigenvalue weighted by atomic mass is 16.6.